The third-order valence-electron chi connectivity index (χ3n) is 6.11. The Morgan fingerprint density at radius 1 is 0.903 bits per heavy atom. The molecule has 5 rings (SSSR count). The largest absolute Gasteiger partial charge is 0.454 e. The normalized spacial score (nSPS) is 17.7. The van der Waals surface area contributed by atoms with Crippen LogP contribution in [0.3, 0.4) is 0 Å². The molecule has 0 amide bonds. The van der Waals surface area contributed by atoms with Gasteiger partial charge in [-0.1, -0.05) is 43.3 Å². The highest BCUT2D eigenvalue weighted by Gasteiger charge is 2.28. The summed E-state index contributed by atoms with van der Waals surface area (Å²) in [6.07, 6.45) is 0.972. The molecule has 8 heteroatoms. The molecule has 8 nitrogen and oxygen atoms in total. The zero-order valence-corrected chi connectivity index (χ0v) is 17.9. The number of fused-ring (bicyclic) bond motifs is 1. The lowest BCUT2D eigenvalue weighted by molar-refractivity contribution is 0.0844. The molecule has 1 atom stereocenters. The molecule has 1 aromatic heterocycles. The molecule has 0 saturated carbocycles. The molecule has 3 heterocycles. The molecule has 162 valence electrons. The minimum atomic E-state index is 0.211. The molecule has 2 aliphatic rings. The van der Waals surface area contributed by atoms with E-state index in [-0.39, 0.29) is 12.8 Å². The summed E-state index contributed by atoms with van der Waals surface area (Å²) in [5, 5.41) is 12.7. The minimum absolute atomic E-state index is 0.211. The average Bonchev–Trinajstić information content (AvgIpc) is 3.46. The fraction of sp³-hybridized carbons (Fsp3) is 0.435. The predicted molar refractivity (Wildman–Crippen MR) is 116 cm³/mol. The van der Waals surface area contributed by atoms with Gasteiger partial charge >= 0.3 is 0 Å². The van der Waals surface area contributed by atoms with Gasteiger partial charge in [-0.2, -0.15) is 0 Å². The monoisotopic (exact) mass is 420 g/mol. The van der Waals surface area contributed by atoms with E-state index in [1.165, 1.54) is 5.56 Å². The Labute approximate surface area is 182 Å². The first-order valence-electron chi connectivity index (χ1n) is 10.9. The maximum absolute atomic E-state index is 5.51. The molecule has 2 aromatic carbocycles. The van der Waals surface area contributed by atoms with Crippen LogP contribution in [0.25, 0.3) is 0 Å². The van der Waals surface area contributed by atoms with Crippen molar-refractivity contribution in [3.8, 4) is 11.5 Å². The first-order valence-corrected chi connectivity index (χ1v) is 10.9. The van der Waals surface area contributed by atoms with E-state index >= 15 is 0 Å². The van der Waals surface area contributed by atoms with Crippen LogP contribution >= 0.6 is 0 Å². The molecule has 1 saturated heterocycles. The van der Waals surface area contributed by atoms with Gasteiger partial charge < -0.3 is 9.47 Å². The van der Waals surface area contributed by atoms with E-state index in [2.05, 4.69) is 62.6 Å². The molecule has 0 unspecified atom stereocenters. The Kier molecular flexibility index (Phi) is 5.82. The predicted octanol–water partition coefficient (Wildman–Crippen LogP) is 2.72. The highest BCUT2D eigenvalue weighted by Crippen LogP contribution is 2.33. The topological polar surface area (TPSA) is 68.5 Å². The van der Waals surface area contributed by atoms with Gasteiger partial charge in [0.1, 0.15) is 0 Å². The molecule has 0 N–H and O–H groups in total. The summed E-state index contributed by atoms with van der Waals surface area (Å²) < 4.78 is 12.8. The number of hydrogen-bond donors (Lipinski definition) is 0. The maximum Gasteiger partial charge on any atom is 0.231 e. The van der Waals surface area contributed by atoms with Gasteiger partial charge in [0.15, 0.2) is 17.3 Å². The molecule has 0 bridgehead atoms. The number of rotatable bonds is 7. The SMILES string of the molecule is CC[C@H](c1nnnn1Cc1ccc2c(c1)OCO2)N1CCN(Cc2ccccc2)CC1. The summed E-state index contributed by atoms with van der Waals surface area (Å²) in [5.74, 6) is 2.51. The fourth-order valence-electron chi connectivity index (χ4n) is 4.45. The van der Waals surface area contributed by atoms with Crippen LogP contribution < -0.4 is 9.47 Å². The number of tetrazole rings is 1. The number of benzene rings is 2. The first kappa shape index (κ1) is 20.0. The van der Waals surface area contributed by atoms with E-state index in [4.69, 9.17) is 9.47 Å². The van der Waals surface area contributed by atoms with Crippen LogP contribution in [0.4, 0.5) is 0 Å². The van der Waals surface area contributed by atoms with Gasteiger partial charge in [0.05, 0.1) is 12.6 Å². The number of piperazine rings is 1. The van der Waals surface area contributed by atoms with Crippen molar-refractivity contribution in [2.45, 2.75) is 32.5 Å². The van der Waals surface area contributed by atoms with Crippen LogP contribution in [0.2, 0.25) is 0 Å². The standard InChI is InChI=1S/C23H28N6O2/c1-2-20(28-12-10-27(11-13-28)15-18-6-4-3-5-7-18)23-24-25-26-29(23)16-19-8-9-21-22(14-19)31-17-30-21/h3-9,14,20H,2,10-13,15-17H2,1H3/t20-/m1/s1. The molecule has 1 fully saturated rings. The first-order chi connectivity index (χ1) is 15.3. The van der Waals surface area contributed by atoms with Crippen molar-refractivity contribution in [1.82, 2.24) is 30.0 Å². The van der Waals surface area contributed by atoms with Crippen molar-refractivity contribution in [1.29, 1.82) is 0 Å². The van der Waals surface area contributed by atoms with Crippen molar-refractivity contribution in [2.24, 2.45) is 0 Å². The van der Waals surface area contributed by atoms with E-state index in [1.807, 2.05) is 22.9 Å². The van der Waals surface area contributed by atoms with E-state index in [1.54, 1.807) is 0 Å². The summed E-state index contributed by atoms with van der Waals surface area (Å²) in [7, 11) is 0. The van der Waals surface area contributed by atoms with E-state index < -0.39 is 0 Å². The lowest BCUT2D eigenvalue weighted by Gasteiger charge is -2.38. The van der Waals surface area contributed by atoms with E-state index in [0.717, 1.165) is 62.0 Å². The molecular formula is C23H28N6O2. The van der Waals surface area contributed by atoms with Gasteiger partial charge in [-0.25, -0.2) is 4.68 Å². The number of nitrogens with zero attached hydrogens (tertiary/aromatic N) is 6. The zero-order chi connectivity index (χ0) is 21.0. The smallest absolute Gasteiger partial charge is 0.231 e. The second-order valence-corrected chi connectivity index (χ2v) is 8.10. The Hall–Kier alpha value is -2.97. The molecule has 0 radical (unpaired) electrons. The Bertz CT molecular complexity index is 1000. The fourth-order valence-corrected chi connectivity index (χ4v) is 4.45. The average molecular weight is 421 g/mol. The summed E-state index contributed by atoms with van der Waals surface area (Å²) >= 11 is 0. The molecule has 0 spiro atoms. The second-order valence-electron chi connectivity index (χ2n) is 8.10. The van der Waals surface area contributed by atoms with Crippen LogP contribution in [0.1, 0.15) is 36.3 Å². The van der Waals surface area contributed by atoms with Gasteiger partial charge in [0.25, 0.3) is 0 Å². The zero-order valence-electron chi connectivity index (χ0n) is 17.9. The maximum atomic E-state index is 5.51. The number of ether oxygens (including phenoxy) is 2. The van der Waals surface area contributed by atoms with Gasteiger partial charge in [-0.3, -0.25) is 9.80 Å². The van der Waals surface area contributed by atoms with Gasteiger partial charge in [-0.05, 0) is 40.1 Å². The Morgan fingerprint density at radius 2 is 1.71 bits per heavy atom. The van der Waals surface area contributed by atoms with Crippen LogP contribution in [0.5, 0.6) is 11.5 Å². The van der Waals surface area contributed by atoms with E-state index in [9.17, 15) is 0 Å². The molecule has 3 aromatic rings. The third-order valence-corrected chi connectivity index (χ3v) is 6.11. The molecule has 2 aliphatic heterocycles. The summed E-state index contributed by atoms with van der Waals surface area (Å²) in [6, 6.07) is 16.9. The van der Waals surface area contributed by atoms with Crippen molar-refractivity contribution in [3.05, 3.63) is 65.5 Å². The highest BCUT2D eigenvalue weighted by atomic mass is 16.7. The summed E-state index contributed by atoms with van der Waals surface area (Å²) in [6.45, 7) is 8.25. The Morgan fingerprint density at radius 3 is 2.52 bits per heavy atom. The van der Waals surface area contributed by atoms with Gasteiger partial charge in [-0.15, -0.1) is 5.10 Å². The van der Waals surface area contributed by atoms with Crippen molar-refractivity contribution in [2.75, 3.05) is 33.0 Å². The molecule has 0 aliphatic carbocycles. The van der Waals surface area contributed by atoms with Crippen LogP contribution in [0, 0.1) is 0 Å². The number of aromatic nitrogens is 4. The summed E-state index contributed by atoms with van der Waals surface area (Å²) in [4.78, 5) is 5.04. The number of hydrogen-bond acceptors (Lipinski definition) is 7. The van der Waals surface area contributed by atoms with Crippen LogP contribution in [-0.4, -0.2) is 63.0 Å². The van der Waals surface area contributed by atoms with Crippen LogP contribution in [-0.2, 0) is 13.1 Å². The Balaban J connectivity index is 1.24. The van der Waals surface area contributed by atoms with Crippen molar-refractivity contribution < 1.29 is 9.47 Å². The lowest BCUT2D eigenvalue weighted by atomic mass is 10.1. The lowest BCUT2D eigenvalue weighted by Crippen LogP contribution is -2.47. The van der Waals surface area contributed by atoms with Crippen molar-refractivity contribution in [3.63, 3.8) is 0 Å². The van der Waals surface area contributed by atoms with Crippen LogP contribution in [0.15, 0.2) is 48.5 Å². The van der Waals surface area contributed by atoms with Gasteiger partial charge in [0.2, 0.25) is 6.79 Å². The van der Waals surface area contributed by atoms with E-state index in [0.29, 0.717) is 6.54 Å². The second kappa shape index (κ2) is 9.03. The minimum Gasteiger partial charge on any atom is -0.454 e. The quantitative estimate of drug-likeness (QED) is 0.582. The third kappa shape index (κ3) is 4.40. The van der Waals surface area contributed by atoms with Gasteiger partial charge in [0, 0.05) is 32.7 Å². The summed E-state index contributed by atoms with van der Waals surface area (Å²) in [5.41, 5.74) is 2.47. The van der Waals surface area contributed by atoms with Crippen molar-refractivity contribution >= 4 is 0 Å². The molecular weight excluding hydrogens is 392 g/mol. The highest BCUT2D eigenvalue weighted by molar-refractivity contribution is 5.44. The molecule has 31 heavy (non-hydrogen) atoms.